The quantitative estimate of drug-likeness (QED) is 0.806. The third-order valence-corrected chi connectivity index (χ3v) is 3.69. The maximum atomic E-state index is 5.89. The van der Waals surface area contributed by atoms with Crippen LogP contribution < -0.4 is 10.1 Å². The van der Waals surface area contributed by atoms with Gasteiger partial charge >= 0.3 is 0 Å². The third kappa shape index (κ3) is 5.30. The highest BCUT2D eigenvalue weighted by molar-refractivity contribution is 9.10. The van der Waals surface area contributed by atoms with Crippen LogP contribution in [0.2, 0.25) is 5.02 Å². The summed E-state index contributed by atoms with van der Waals surface area (Å²) in [6.07, 6.45) is 3.21. The minimum absolute atomic E-state index is 0.0844. The van der Waals surface area contributed by atoms with Gasteiger partial charge in [0.15, 0.2) is 0 Å². The molecule has 0 saturated heterocycles. The standard InChI is InChI=1S/C16H18BrClN2O/c1-16(2,3)20-8-11-4-5-13(7-15(11)17)21-14-6-12(18)9-19-10-14/h4-7,9-10,20H,8H2,1-3H3. The highest BCUT2D eigenvalue weighted by Crippen LogP contribution is 2.28. The number of aromatic nitrogens is 1. The summed E-state index contributed by atoms with van der Waals surface area (Å²) in [7, 11) is 0. The zero-order chi connectivity index (χ0) is 15.5. The number of ether oxygens (including phenoxy) is 1. The van der Waals surface area contributed by atoms with Gasteiger partial charge in [-0.05, 0) is 38.5 Å². The van der Waals surface area contributed by atoms with E-state index >= 15 is 0 Å². The van der Waals surface area contributed by atoms with Gasteiger partial charge in [-0.3, -0.25) is 4.98 Å². The van der Waals surface area contributed by atoms with Crippen molar-refractivity contribution in [1.29, 1.82) is 0 Å². The van der Waals surface area contributed by atoms with Gasteiger partial charge in [0.1, 0.15) is 11.5 Å². The molecule has 0 fully saturated rings. The van der Waals surface area contributed by atoms with Crippen LogP contribution in [-0.4, -0.2) is 10.5 Å². The molecule has 0 aliphatic carbocycles. The van der Waals surface area contributed by atoms with Crippen LogP contribution in [0.25, 0.3) is 0 Å². The molecule has 0 saturated carbocycles. The van der Waals surface area contributed by atoms with Crippen LogP contribution in [0.5, 0.6) is 11.5 Å². The Balaban J connectivity index is 2.08. The first-order valence-electron chi connectivity index (χ1n) is 6.65. The van der Waals surface area contributed by atoms with Crippen molar-refractivity contribution in [2.75, 3.05) is 0 Å². The van der Waals surface area contributed by atoms with Crippen molar-refractivity contribution in [3.63, 3.8) is 0 Å². The zero-order valence-corrected chi connectivity index (χ0v) is 14.6. The van der Waals surface area contributed by atoms with Crippen LogP contribution >= 0.6 is 27.5 Å². The molecular formula is C16H18BrClN2O. The molecule has 3 nitrogen and oxygen atoms in total. The molecule has 112 valence electrons. The van der Waals surface area contributed by atoms with Gasteiger partial charge in [0.2, 0.25) is 0 Å². The fraction of sp³-hybridized carbons (Fsp3) is 0.312. The molecule has 5 heteroatoms. The van der Waals surface area contributed by atoms with E-state index in [0.29, 0.717) is 10.8 Å². The largest absolute Gasteiger partial charge is 0.456 e. The Morgan fingerprint density at radius 2 is 1.95 bits per heavy atom. The highest BCUT2D eigenvalue weighted by Gasteiger charge is 2.10. The van der Waals surface area contributed by atoms with Crippen molar-refractivity contribution in [2.24, 2.45) is 0 Å². The predicted molar refractivity (Wildman–Crippen MR) is 90.1 cm³/mol. The van der Waals surface area contributed by atoms with Gasteiger partial charge in [-0.15, -0.1) is 0 Å². The molecular weight excluding hydrogens is 352 g/mol. The van der Waals surface area contributed by atoms with Gasteiger partial charge in [0.05, 0.1) is 11.2 Å². The normalized spacial score (nSPS) is 11.5. The summed E-state index contributed by atoms with van der Waals surface area (Å²) in [4.78, 5) is 4.00. The van der Waals surface area contributed by atoms with Gasteiger partial charge in [-0.1, -0.05) is 33.6 Å². The second-order valence-electron chi connectivity index (χ2n) is 5.80. The van der Waals surface area contributed by atoms with Crippen molar-refractivity contribution in [3.8, 4) is 11.5 Å². The van der Waals surface area contributed by atoms with Crippen LogP contribution in [0.4, 0.5) is 0 Å². The Labute approximate surface area is 138 Å². The van der Waals surface area contributed by atoms with Crippen LogP contribution in [0.3, 0.4) is 0 Å². The van der Waals surface area contributed by atoms with Crippen molar-refractivity contribution in [1.82, 2.24) is 10.3 Å². The molecule has 21 heavy (non-hydrogen) atoms. The molecule has 1 aromatic heterocycles. The molecule has 0 aliphatic rings. The Kier molecular flexibility index (Phi) is 5.25. The molecule has 0 amide bonds. The van der Waals surface area contributed by atoms with Gasteiger partial charge in [-0.25, -0.2) is 0 Å². The van der Waals surface area contributed by atoms with Crippen LogP contribution in [0.15, 0.2) is 41.1 Å². The summed E-state index contributed by atoms with van der Waals surface area (Å²) in [5.41, 5.74) is 1.27. The van der Waals surface area contributed by atoms with Gasteiger partial charge in [0.25, 0.3) is 0 Å². The first kappa shape index (κ1) is 16.3. The van der Waals surface area contributed by atoms with E-state index in [9.17, 15) is 0 Å². The van der Waals surface area contributed by atoms with E-state index < -0.39 is 0 Å². The predicted octanol–water partition coefficient (Wildman–Crippen LogP) is 5.18. The number of nitrogens with one attached hydrogen (secondary N) is 1. The fourth-order valence-corrected chi connectivity index (χ4v) is 2.34. The lowest BCUT2D eigenvalue weighted by Gasteiger charge is -2.21. The van der Waals surface area contributed by atoms with E-state index in [4.69, 9.17) is 16.3 Å². The SMILES string of the molecule is CC(C)(C)NCc1ccc(Oc2cncc(Cl)c2)cc1Br. The monoisotopic (exact) mass is 368 g/mol. The third-order valence-electron chi connectivity index (χ3n) is 2.75. The molecule has 0 radical (unpaired) electrons. The van der Waals surface area contributed by atoms with E-state index in [1.165, 1.54) is 5.56 Å². The van der Waals surface area contributed by atoms with Crippen LogP contribution in [0, 0.1) is 0 Å². The number of hydrogen-bond donors (Lipinski definition) is 1. The van der Waals surface area contributed by atoms with Crippen LogP contribution in [0.1, 0.15) is 26.3 Å². The lowest BCUT2D eigenvalue weighted by Crippen LogP contribution is -2.35. The molecule has 1 N–H and O–H groups in total. The summed E-state index contributed by atoms with van der Waals surface area (Å²) in [6.45, 7) is 7.22. The molecule has 0 aliphatic heterocycles. The number of hydrogen-bond acceptors (Lipinski definition) is 3. The Morgan fingerprint density at radius 3 is 2.57 bits per heavy atom. The fourth-order valence-electron chi connectivity index (χ4n) is 1.68. The number of pyridine rings is 1. The Morgan fingerprint density at radius 1 is 1.19 bits per heavy atom. The summed E-state index contributed by atoms with van der Waals surface area (Å²) >= 11 is 9.47. The Bertz CT molecular complexity index is 626. The molecule has 0 unspecified atom stereocenters. The maximum absolute atomic E-state index is 5.89. The van der Waals surface area contributed by atoms with E-state index in [-0.39, 0.29) is 5.54 Å². The van der Waals surface area contributed by atoms with E-state index in [0.717, 1.165) is 16.8 Å². The number of benzene rings is 1. The summed E-state index contributed by atoms with van der Waals surface area (Å²) in [5, 5.41) is 4.01. The average Bonchev–Trinajstić information content (AvgIpc) is 2.36. The summed E-state index contributed by atoms with van der Waals surface area (Å²) in [5.74, 6) is 1.36. The smallest absolute Gasteiger partial charge is 0.147 e. The van der Waals surface area contributed by atoms with Crippen molar-refractivity contribution in [3.05, 3.63) is 51.7 Å². The van der Waals surface area contributed by atoms with Gasteiger partial charge in [0, 0.05) is 28.8 Å². The van der Waals surface area contributed by atoms with E-state index in [1.807, 2.05) is 18.2 Å². The van der Waals surface area contributed by atoms with Crippen molar-refractivity contribution >= 4 is 27.5 Å². The minimum Gasteiger partial charge on any atom is -0.456 e. The van der Waals surface area contributed by atoms with E-state index in [1.54, 1.807) is 18.5 Å². The maximum Gasteiger partial charge on any atom is 0.147 e. The Hall–Kier alpha value is -1.10. The average molecular weight is 370 g/mol. The topological polar surface area (TPSA) is 34.1 Å². The number of halogens is 2. The van der Waals surface area contributed by atoms with Crippen molar-refractivity contribution in [2.45, 2.75) is 32.9 Å². The minimum atomic E-state index is 0.0844. The number of rotatable bonds is 4. The summed E-state index contributed by atoms with van der Waals surface area (Å²) < 4.78 is 6.75. The first-order valence-corrected chi connectivity index (χ1v) is 7.82. The van der Waals surface area contributed by atoms with E-state index in [2.05, 4.69) is 47.0 Å². The molecule has 1 aromatic carbocycles. The van der Waals surface area contributed by atoms with Gasteiger partial charge in [-0.2, -0.15) is 0 Å². The molecule has 0 spiro atoms. The highest BCUT2D eigenvalue weighted by atomic mass is 79.9. The summed E-state index contributed by atoms with van der Waals surface area (Å²) in [6, 6.07) is 7.65. The zero-order valence-electron chi connectivity index (χ0n) is 12.3. The second-order valence-corrected chi connectivity index (χ2v) is 7.09. The van der Waals surface area contributed by atoms with Crippen LogP contribution in [-0.2, 0) is 6.54 Å². The van der Waals surface area contributed by atoms with Gasteiger partial charge < -0.3 is 10.1 Å². The lowest BCUT2D eigenvalue weighted by molar-refractivity contribution is 0.423. The molecule has 2 aromatic rings. The molecule has 2 rings (SSSR count). The van der Waals surface area contributed by atoms with Crippen molar-refractivity contribution < 1.29 is 4.74 Å². The molecule has 1 heterocycles. The first-order chi connectivity index (χ1) is 9.83. The molecule has 0 atom stereocenters. The second kappa shape index (κ2) is 6.77. The lowest BCUT2D eigenvalue weighted by atomic mass is 10.1. The molecule has 0 bridgehead atoms. The number of nitrogens with zero attached hydrogens (tertiary/aromatic N) is 1.